The fourth-order valence-corrected chi connectivity index (χ4v) is 3.18. The highest BCUT2D eigenvalue weighted by atomic mass is 79.9. The fourth-order valence-electron chi connectivity index (χ4n) is 1.16. The Morgan fingerprint density at radius 2 is 1.88 bits per heavy atom. The normalized spacial score (nSPS) is 12.2. The Bertz CT molecular complexity index is 606. The summed E-state index contributed by atoms with van der Waals surface area (Å²) in [5, 5.41) is 8.61. The van der Waals surface area contributed by atoms with Crippen molar-refractivity contribution in [3.8, 4) is 6.07 Å². The molecule has 1 aromatic carbocycles. The van der Waals surface area contributed by atoms with E-state index in [1.54, 1.807) is 0 Å². The van der Waals surface area contributed by atoms with Crippen LogP contribution in [0.5, 0.6) is 0 Å². The number of alkyl halides is 3. The lowest BCUT2D eigenvalue weighted by atomic mass is 10.1. The molecule has 0 saturated heterocycles. The van der Waals surface area contributed by atoms with Gasteiger partial charge in [0, 0.05) is 15.2 Å². The molecule has 0 bridgehead atoms. The Morgan fingerprint density at radius 3 is 2.24 bits per heavy atom. The van der Waals surface area contributed by atoms with Gasteiger partial charge in [0.05, 0.1) is 11.1 Å². The van der Waals surface area contributed by atoms with Gasteiger partial charge in [0.1, 0.15) is 11.0 Å². The number of hydrogen-bond donors (Lipinski definition) is 0. The van der Waals surface area contributed by atoms with E-state index in [1.165, 1.54) is 6.07 Å². The lowest BCUT2D eigenvalue weighted by molar-refractivity contribution is -0.140. The van der Waals surface area contributed by atoms with Crippen LogP contribution in [0.15, 0.2) is 21.5 Å². The van der Waals surface area contributed by atoms with E-state index >= 15 is 0 Å². The number of nitrogens with zero attached hydrogens (tertiary/aromatic N) is 1. The zero-order valence-electron chi connectivity index (χ0n) is 7.72. The standard InChI is InChI=1S/C8H2BrClF3NO2S/c9-5-2-1-4(3-14)7(17(10,15)16)6(5)8(11,12)13/h1-2H. The van der Waals surface area contributed by atoms with E-state index < -0.39 is 35.7 Å². The highest BCUT2D eigenvalue weighted by Gasteiger charge is 2.40. The third-order valence-corrected chi connectivity index (χ3v) is 3.79. The minimum Gasteiger partial charge on any atom is -0.207 e. The van der Waals surface area contributed by atoms with E-state index in [-0.39, 0.29) is 0 Å². The first-order chi connectivity index (χ1) is 7.59. The number of benzene rings is 1. The summed E-state index contributed by atoms with van der Waals surface area (Å²) < 4.78 is 59.8. The number of hydrogen-bond acceptors (Lipinski definition) is 3. The van der Waals surface area contributed by atoms with Crippen molar-refractivity contribution >= 4 is 35.7 Å². The molecule has 3 nitrogen and oxygen atoms in total. The summed E-state index contributed by atoms with van der Waals surface area (Å²) in [7, 11) is 0.244. The van der Waals surface area contributed by atoms with Crippen LogP contribution >= 0.6 is 26.6 Å². The second kappa shape index (κ2) is 4.48. The van der Waals surface area contributed by atoms with Gasteiger partial charge < -0.3 is 0 Å². The summed E-state index contributed by atoms with van der Waals surface area (Å²) >= 11 is 2.59. The maximum atomic E-state index is 12.7. The molecular weight excluding hydrogens is 347 g/mol. The molecule has 0 fully saturated rings. The summed E-state index contributed by atoms with van der Waals surface area (Å²) in [4.78, 5) is -1.23. The smallest absolute Gasteiger partial charge is 0.207 e. The summed E-state index contributed by atoms with van der Waals surface area (Å²) in [5.41, 5.74) is -2.14. The van der Waals surface area contributed by atoms with Gasteiger partial charge in [0.2, 0.25) is 0 Å². The first kappa shape index (κ1) is 14.3. The largest absolute Gasteiger partial charge is 0.418 e. The van der Waals surface area contributed by atoms with E-state index in [2.05, 4.69) is 15.9 Å². The molecule has 0 atom stereocenters. The molecule has 1 rings (SSSR count). The molecule has 9 heteroatoms. The average Bonchev–Trinajstić information content (AvgIpc) is 2.13. The first-order valence-electron chi connectivity index (χ1n) is 3.83. The van der Waals surface area contributed by atoms with Crippen molar-refractivity contribution in [2.75, 3.05) is 0 Å². The number of rotatable bonds is 1. The van der Waals surface area contributed by atoms with Crippen molar-refractivity contribution in [3.63, 3.8) is 0 Å². The van der Waals surface area contributed by atoms with Gasteiger partial charge in [-0.25, -0.2) is 8.42 Å². The molecule has 0 amide bonds. The Hall–Kier alpha value is -0.780. The van der Waals surface area contributed by atoms with Crippen LogP contribution in [0.1, 0.15) is 11.1 Å². The molecule has 17 heavy (non-hydrogen) atoms. The Balaban J connectivity index is 3.88. The van der Waals surface area contributed by atoms with Crippen molar-refractivity contribution in [2.24, 2.45) is 0 Å². The number of halogens is 5. The molecule has 0 aliphatic carbocycles. The van der Waals surface area contributed by atoms with Gasteiger partial charge in [0.25, 0.3) is 9.05 Å². The minimum atomic E-state index is -4.94. The quantitative estimate of drug-likeness (QED) is 0.732. The van der Waals surface area contributed by atoms with Gasteiger partial charge in [0.15, 0.2) is 0 Å². The molecule has 0 N–H and O–H groups in total. The lowest BCUT2D eigenvalue weighted by Crippen LogP contribution is -2.13. The highest BCUT2D eigenvalue weighted by molar-refractivity contribution is 9.10. The summed E-state index contributed by atoms with van der Waals surface area (Å²) in [5.74, 6) is 0. The van der Waals surface area contributed by atoms with Gasteiger partial charge in [-0.15, -0.1) is 0 Å². The van der Waals surface area contributed by atoms with E-state index in [0.29, 0.717) is 0 Å². The molecule has 0 radical (unpaired) electrons. The van der Waals surface area contributed by atoms with Crippen LogP contribution in [-0.4, -0.2) is 8.42 Å². The van der Waals surface area contributed by atoms with Crippen LogP contribution in [0.2, 0.25) is 0 Å². The van der Waals surface area contributed by atoms with Crippen molar-refractivity contribution in [1.82, 2.24) is 0 Å². The Morgan fingerprint density at radius 1 is 1.35 bits per heavy atom. The second-order valence-electron chi connectivity index (χ2n) is 2.85. The first-order valence-corrected chi connectivity index (χ1v) is 6.93. The summed E-state index contributed by atoms with van der Waals surface area (Å²) in [6.07, 6.45) is -4.94. The van der Waals surface area contributed by atoms with Crippen LogP contribution in [-0.2, 0) is 15.2 Å². The van der Waals surface area contributed by atoms with Gasteiger partial charge in [-0.05, 0) is 12.1 Å². The van der Waals surface area contributed by atoms with Crippen LogP contribution in [0.3, 0.4) is 0 Å². The van der Waals surface area contributed by atoms with Crippen LogP contribution in [0.4, 0.5) is 13.2 Å². The van der Waals surface area contributed by atoms with Crippen molar-refractivity contribution in [2.45, 2.75) is 11.1 Å². The lowest BCUT2D eigenvalue weighted by Gasteiger charge is -2.13. The van der Waals surface area contributed by atoms with Crippen LogP contribution in [0.25, 0.3) is 0 Å². The van der Waals surface area contributed by atoms with E-state index in [9.17, 15) is 21.6 Å². The molecule has 0 spiro atoms. The molecule has 1 aromatic rings. The molecule has 0 heterocycles. The monoisotopic (exact) mass is 347 g/mol. The molecule has 0 saturated carbocycles. The van der Waals surface area contributed by atoms with Crippen LogP contribution in [0, 0.1) is 11.3 Å². The molecule has 0 unspecified atom stereocenters. The molecule has 0 aliphatic heterocycles. The fraction of sp³-hybridized carbons (Fsp3) is 0.125. The van der Waals surface area contributed by atoms with Gasteiger partial charge in [-0.1, -0.05) is 15.9 Å². The van der Waals surface area contributed by atoms with Gasteiger partial charge >= 0.3 is 6.18 Å². The predicted octanol–water partition coefficient (Wildman–Crippen LogP) is 3.27. The van der Waals surface area contributed by atoms with E-state index in [0.717, 1.165) is 12.1 Å². The Kier molecular flexibility index (Phi) is 3.76. The third-order valence-electron chi connectivity index (χ3n) is 1.75. The SMILES string of the molecule is N#Cc1ccc(Br)c(C(F)(F)F)c1S(=O)(=O)Cl. The molecule has 0 aromatic heterocycles. The van der Waals surface area contributed by atoms with Crippen LogP contribution < -0.4 is 0 Å². The maximum absolute atomic E-state index is 12.7. The maximum Gasteiger partial charge on any atom is 0.418 e. The van der Waals surface area contributed by atoms with E-state index in [4.69, 9.17) is 15.9 Å². The zero-order valence-corrected chi connectivity index (χ0v) is 10.9. The average molecular weight is 349 g/mol. The predicted molar refractivity (Wildman–Crippen MR) is 56.9 cm³/mol. The topological polar surface area (TPSA) is 57.9 Å². The van der Waals surface area contributed by atoms with Gasteiger partial charge in [-0.3, -0.25) is 0 Å². The molecule has 92 valence electrons. The Labute approximate surface area is 107 Å². The van der Waals surface area contributed by atoms with Crippen molar-refractivity contribution in [3.05, 3.63) is 27.7 Å². The van der Waals surface area contributed by atoms with Gasteiger partial charge in [-0.2, -0.15) is 18.4 Å². The van der Waals surface area contributed by atoms with Crippen molar-refractivity contribution < 1.29 is 21.6 Å². The summed E-state index contributed by atoms with van der Waals surface area (Å²) in [6.45, 7) is 0. The summed E-state index contributed by atoms with van der Waals surface area (Å²) in [6, 6.07) is 3.23. The van der Waals surface area contributed by atoms with E-state index in [1.807, 2.05) is 0 Å². The second-order valence-corrected chi connectivity index (χ2v) is 6.20. The zero-order chi connectivity index (χ0) is 13.4. The third kappa shape index (κ3) is 2.91. The molecular formula is C8H2BrClF3NO2S. The molecule has 0 aliphatic rings. The number of nitriles is 1. The highest BCUT2D eigenvalue weighted by Crippen LogP contribution is 2.41. The minimum absolute atomic E-state index is 0.497. The van der Waals surface area contributed by atoms with Crippen molar-refractivity contribution in [1.29, 1.82) is 5.26 Å².